The summed E-state index contributed by atoms with van der Waals surface area (Å²) in [5.74, 6) is 0.875. The smallest absolute Gasteiger partial charge is 0.337 e. The molecule has 1 aromatic rings. The summed E-state index contributed by atoms with van der Waals surface area (Å²) in [6.45, 7) is 3.37. The van der Waals surface area contributed by atoms with Crippen molar-refractivity contribution in [2.45, 2.75) is 38.1 Å². The molecular weight excluding hydrogens is 278 g/mol. The van der Waals surface area contributed by atoms with Crippen LogP contribution in [0.25, 0.3) is 0 Å². The van der Waals surface area contributed by atoms with Crippen molar-refractivity contribution in [3.8, 4) is 5.75 Å². The number of para-hydroxylation sites is 1. The molecule has 2 saturated heterocycles. The summed E-state index contributed by atoms with van der Waals surface area (Å²) >= 11 is 0. The van der Waals surface area contributed by atoms with Gasteiger partial charge in [-0.2, -0.15) is 0 Å². The molecule has 0 bridgehead atoms. The molecule has 2 heterocycles. The second-order valence-electron chi connectivity index (χ2n) is 6.47. The maximum absolute atomic E-state index is 11.8. The van der Waals surface area contributed by atoms with Crippen LogP contribution < -0.4 is 9.64 Å². The average Bonchev–Trinajstić information content (AvgIpc) is 2.56. The van der Waals surface area contributed by atoms with Crippen molar-refractivity contribution in [2.24, 2.45) is 5.92 Å². The molecule has 0 aromatic heterocycles. The molecule has 1 aromatic carbocycles. The summed E-state index contributed by atoms with van der Waals surface area (Å²) in [5.41, 5.74) is 0. The van der Waals surface area contributed by atoms with Crippen molar-refractivity contribution >= 4 is 5.97 Å². The normalized spacial score (nSPS) is 27.9. The number of fused-ring (bicyclic) bond motifs is 1. The van der Waals surface area contributed by atoms with Gasteiger partial charge in [0.05, 0.1) is 25.7 Å². The maximum Gasteiger partial charge on any atom is 0.337 e. The van der Waals surface area contributed by atoms with Gasteiger partial charge in [-0.3, -0.25) is 0 Å². The Labute approximate surface area is 132 Å². The van der Waals surface area contributed by atoms with E-state index in [0.717, 1.165) is 6.04 Å². The highest BCUT2D eigenvalue weighted by atomic mass is 16.6. The molecule has 120 valence electrons. The molecule has 0 spiro atoms. The number of quaternary nitrogens is 1. The third-order valence-corrected chi connectivity index (χ3v) is 4.96. The SMILES string of the molecule is O=C(COC[C@@H]1CCC[NH+]2CCCC[C@@H]12)Oc1ccccc1. The number of ether oxygens (including phenoxy) is 2. The lowest BCUT2D eigenvalue weighted by atomic mass is 9.84. The molecule has 3 atom stereocenters. The van der Waals surface area contributed by atoms with E-state index in [1.165, 1.54) is 45.2 Å². The minimum absolute atomic E-state index is 0.0491. The largest absolute Gasteiger partial charge is 0.425 e. The number of esters is 1. The van der Waals surface area contributed by atoms with Gasteiger partial charge in [0.15, 0.2) is 0 Å². The molecule has 0 amide bonds. The Balaban J connectivity index is 1.41. The summed E-state index contributed by atoms with van der Waals surface area (Å²) in [6, 6.07) is 9.91. The van der Waals surface area contributed by atoms with E-state index < -0.39 is 0 Å². The predicted molar refractivity (Wildman–Crippen MR) is 84.0 cm³/mol. The van der Waals surface area contributed by atoms with E-state index in [0.29, 0.717) is 18.3 Å². The van der Waals surface area contributed by atoms with Gasteiger partial charge in [-0.1, -0.05) is 18.2 Å². The number of rotatable bonds is 5. The number of hydrogen-bond acceptors (Lipinski definition) is 3. The molecule has 4 nitrogen and oxygen atoms in total. The van der Waals surface area contributed by atoms with Crippen LogP contribution >= 0.6 is 0 Å². The number of nitrogens with one attached hydrogen (secondary N) is 1. The van der Waals surface area contributed by atoms with E-state index in [1.54, 1.807) is 17.0 Å². The number of piperidine rings is 2. The molecule has 0 aliphatic carbocycles. The highest BCUT2D eigenvalue weighted by Crippen LogP contribution is 2.20. The van der Waals surface area contributed by atoms with Gasteiger partial charge in [-0.15, -0.1) is 0 Å². The van der Waals surface area contributed by atoms with E-state index in [-0.39, 0.29) is 12.6 Å². The Kier molecular flexibility index (Phi) is 5.46. The molecule has 22 heavy (non-hydrogen) atoms. The van der Waals surface area contributed by atoms with Gasteiger partial charge in [-0.25, -0.2) is 4.79 Å². The summed E-state index contributed by atoms with van der Waals surface area (Å²) < 4.78 is 10.9. The number of benzene rings is 1. The monoisotopic (exact) mass is 304 g/mol. The van der Waals surface area contributed by atoms with Crippen molar-refractivity contribution < 1.29 is 19.2 Å². The Morgan fingerprint density at radius 1 is 1.09 bits per heavy atom. The van der Waals surface area contributed by atoms with Crippen LogP contribution in [0.3, 0.4) is 0 Å². The Hall–Kier alpha value is -1.39. The van der Waals surface area contributed by atoms with Gasteiger partial charge in [0, 0.05) is 5.92 Å². The zero-order valence-corrected chi connectivity index (χ0v) is 13.1. The average molecular weight is 304 g/mol. The summed E-state index contributed by atoms with van der Waals surface area (Å²) in [6.07, 6.45) is 6.55. The second-order valence-corrected chi connectivity index (χ2v) is 6.47. The van der Waals surface area contributed by atoms with Crippen LogP contribution in [0.1, 0.15) is 32.1 Å². The summed E-state index contributed by atoms with van der Waals surface area (Å²) in [7, 11) is 0. The molecule has 1 unspecified atom stereocenters. The molecule has 4 heteroatoms. The third-order valence-electron chi connectivity index (χ3n) is 4.96. The van der Waals surface area contributed by atoms with Crippen LogP contribution in [-0.4, -0.2) is 38.3 Å². The number of hydrogen-bond donors (Lipinski definition) is 1. The molecule has 3 rings (SSSR count). The highest BCUT2D eigenvalue weighted by Gasteiger charge is 2.36. The lowest BCUT2D eigenvalue weighted by Gasteiger charge is -2.41. The minimum atomic E-state index is -0.310. The minimum Gasteiger partial charge on any atom is -0.425 e. The topological polar surface area (TPSA) is 40.0 Å². The van der Waals surface area contributed by atoms with Crippen molar-refractivity contribution in [1.29, 1.82) is 0 Å². The zero-order valence-electron chi connectivity index (χ0n) is 13.1. The number of carbonyl (C=O) groups is 1. The van der Waals surface area contributed by atoms with Crippen molar-refractivity contribution in [3.05, 3.63) is 30.3 Å². The Morgan fingerprint density at radius 3 is 2.77 bits per heavy atom. The molecular formula is C18H26NO3+. The van der Waals surface area contributed by atoms with Crippen molar-refractivity contribution in [1.82, 2.24) is 0 Å². The first-order chi connectivity index (χ1) is 10.8. The van der Waals surface area contributed by atoms with Crippen LogP contribution in [0.2, 0.25) is 0 Å². The lowest BCUT2D eigenvalue weighted by Crippen LogP contribution is -3.18. The van der Waals surface area contributed by atoms with Crippen LogP contribution in [0.15, 0.2) is 30.3 Å². The molecule has 2 aliphatic rings. The van der Waals surface area contributed by atoms with Gasteiger partial charge in [0.2, 0.25) is 0 Å². The molecule has 2 fully saturated rings. The van der Waals surface area contributed by atoms with Gasteiger partial charge >= 0.3 is 5.97 Å². The van der Waals surface area contributed by atoms with E-state index in [4.69, 9.17) is 9.47 Å². The Morgan fingerprint density at radius 2 is 1.91 bits per heavy atom. The first-order valence-corrected chi connectivity index (χ1v) is 8.51. The van der Waals surface area contributed by atoms with Crippen LogP contribution in [0, 0.1) is 5.92 Å². The molecule has 1 N–H and O–H groups in total. The predicted octanol–water partition coefficient (Wildman–Crippen LogP) is 1.46. The van der Waals surface area contributed by atoms with Crippen LogP contribution in [0.4, 0.5) is 0 Å². The van der Waals surface area contributed by atoms with E-state index >= 15 is 0 Å². The van der Waals surface area contributed by atoms with E-state index in [2.05, 4.69) is 0 Å². The molecule has 2 aliphatic heterocycles. The lowest BCUT2D eigenvalue weighted by molar-refractivity contribution is -0.940. The van der Waals surface area contributed by atoms with Crippen molar-refractivity contribution in [2.75, 3.05) is 26.3 Å². The van der Waals surface area contributed by atoms with Crippen LogP contribution in [0.5, 0.6) is 5.75 Å². The summed E-state index contributed by atoms with van der Waals surface area (Å²) in [4.78, 5) is 13.5. The van der Waals surface area contributed by atoms with Gasteiger partial charge in [0.1, 0.15) is 12.4 Å². The van der Waals surface area contributed by atoms with Gasteiger partial charge in [-0.05, 0) is 44.2 Å². The fourth-order valence-electron chi connectivity index (χ4n) is 3.92. The highest BCUT2D eigenvalue weighted by molar-refractivity contribution is 5.73. The quantitative estimate of drug-likeness (QED) is 0.661. The Bertz CT molecular complexity index is 474. The van der Waals surface area contributed by atoms with E-state index in [9.17, 15) is 4.79 Å². The standard InChI is InChI=1S/C18H25NO3/c20-18(22-16-8-2-1-3-9-16)14-21-13-15-7-6-12-19-11-5-4-10-17(15)19/h1-3,8-9,15,17H,4-7,10-14H2/p+1/t15-,17-/m0/s1. The van der Waals surface area contributed by atoms with Crippen LogP contribution in [-0.2, 0) is 9.53 Å². The van der Waals surface area contributed by atoms with Crippen molar-refractivity contribution in [3.63, 3.8) is 0 Å². The fourth-order valence-corrected chi connectivity index (χ4v) is 3.92. The maximum atomic E-state index is 11.8. The molecule has 0 radical (unpaired) electrons. The van der Waals surface area contributed by atoms with Gasteiger partial charge < -0.3 is 14.4 Å². The van der Waals surface area contributed by atoms with Gasteiger partial charge in [0.25, 0.3) is 0 Å². The first-order valence-electron chi connectivity index (χ1n) is 8.51. The second kappa shape index (κ2) is 7.75. The zero-order chi connectivity index (χ0) is 15.2. The fraction of sp³-hybridized carbons (Fsp3) is 0.611. The molecule has 0 saturated carbocycles. The number of carbonyl (C=O) groups excluding carboxylic acids is 1. The first kappa shape index (κ1) is 15.5. The third kappa shape index (κ3) is 4.08. The summed E-state index contributed by atoms with van der Waals surface area (Å²) in [5, 5.41) is 0. The van der Waals surface area contributed by atoms with E-state index in [1.807, 2.05) is 18.2 Å².